The molecule has 0 saturated heterocycles. The second-order valence-corrected chi connectivity index (χ2v) is 8.42. The summed E-state index contributed by atoms with van der Waals surface area (Å²) in [5.74, 6) is -2.21. The van der Waals surface area contributed by atoms with Crippen LogP contribution in [0.4, 0.5) is 4.39 Å². The molecule has 1 aromatic rings. The first-order valence-corrected chi connectivity index (χ1v) is 10.8. The van der Waals surface area contributed by atoms with Crippen LogP contribution in [0.15, 0.2) is 40.5 Å². The number of carbonyl (C=O) groups excluding carboxylic acids is 2. The average Bonchev–Trinajstić information content (AvgIpc) is 2.96. The predicted molar refractivity (Wildman–Crippen MR) is 109 cm³/mol. The lowest BCUT2D eigenvalue weighted by atomic mass is 9.71. The molecule has 0 bridgehead atoms. The highest BCUT2D eigenvalue weighted by molar-refractivity contribution is 6.08. The number of Topliss-reactive ketones (excluding diaryl/α,β-unsaturated/α-hetero) is 1. The van der Waals surface area contributed by atoms with E-state index in [9.17, 15) is 14.0 Å². The fraction of sp³-hybridized carbons (Fsp3) is 0.542. The van der Waals surface area contributed by atoms with E-state index in [4.69, 9.17) is 4.74 Å². The van der Waals surface area contributed by atoms with E-state index in [-0.39, 0.29) is 17.9 Å². The number of rotatable bonds is 3. The number of nitrogens with zero attached hydrogens (tertiary/aromatic N) is 1. The van der Waals surface area contributed by atoms with Crippen molar-refractivity contribution in [2.75, 3.05) is 0 Å². The maximum Gasteiger partial charge on any atom is 0.315 e. The second kappa shape index (κ2) is 8.60. The topological polar surface area (TPSA) is 55.7 Å². The van der Waals surface area contributed by atoms with Crippen LogP contribution < -0.4 is 0 Å². The molecule has 29 heavy (non-hydrogen) atoms. The minimum atomic E-state index is -0.754. The molecule has 5 heteroatoms. The van der Waals surface area contributed by atoms with Gasteiger partial charge >= 0.3 is 5.97 Å². The summed E-state index contributed by atoms with van der Waals surface area (Å²) in [5, 5.41) is 0. The van der Waals surface area contributed by atoms with Gasteiger partial charge in [-0.05, 0) is 57.1 Å². The van der Waals surface area contributed by atoms with Gasteiger partial charge in [-0.15, -0.1) is 0 Å². The molecule has 3 aliphatic rings. The standard InChI is InChI=1S/C24H28FNO3/c1-15-21(24(28)29-16-9-4-2-3-5-10-16)22(17-11-6-7-12-18(17)25)23-19(26-15)13-8-14-20(23)27/h6-7,11-12,16,21-22H,2-5,8-10,13-14H2,1H3/t21?,22-/m1/s1. The quantitative estimate of drug-likeness (QED) is 0.515. The number of aliphatic imine (C=N–C) groups is 1. The maximum atomic E-state index is 14.8. The summed E-state index contributed by atoms with van der Waals surface area (Å²) in [5.41, 5.74) is 2.22. The van der Waals surface area contributed by atoms with Crippen LogP contribution >= 0.6 is 0 Å². The molecule has 0 spiro atoms. The first-order valence-electron chi connectivity index (χ1n) is 10.8. The molecule has 1 unspecified atom stereocenters. The Bertz CT molecular complexity index is 865. The van der Waals surface area contributed by atoms with E-state index in [0.29, 0.717) is 35.4 Å². The Labute approximate surface area is 171 Å². The van der Waals surface area contributed by atoms with Crippen molar-refractivity contribution in [2.45, 2.75) is 76.7 Å². The van der Waals surface area contributed by atoms with Crippen molar-refractivity contribution in [3.05, 3.63) is 46.9 Å². The molecular formula is C24H28FNO3. The number of carbonyl (C=O) groups is 2. The lowest BCUT2D eigenvalue weighted by Gasteiger charge is -2.35. The first kappa shape index (κ1) is 20.0. The van der Waals surface area contributed by atoms with Crippen molar-refractivity contribution in [1.82, 2.24) is 0 Å². The van der Waals surface area contributed by atoms with Gasteiger partial charge in [-0.1, -0.05) is 31.0 Å². The molecule has 1 heterocycles. The number of esters is 1. The summed E-state index contributed by atoms with van der Waals surface area (Å²) >= 11 is 0. The zero-order valence-corrected chi connectivity index (χ0v) is 17.0. The molecule has 0 radical (unpaired) electrons. The van der Waals surface area contributed by atoms with Crippen LogP contribution in [0, 0.1) is 11.7 Å². The van der Waals surface area contributed by atoms with Gasteiger partial charge in [0.25, 0.3) is 0 Å². The van der Waals surface area contributed by atoms with Gasteiger partial charge in [0.05, 0.1) is 0 Å². The summed E-state index contributed by atoms with van der Waals surface area (Å²) in [4.78, 5) is 30.8. The monoisotopic (exact) mass is 397 g/mol. The van der Waals surface area contributed by atoms with E-state index in [0.717, 1.165) is 32.1 Å². The summed E-state index contributed by atoms with van der Waals surface area (Å²) in [6.45, 7) is 1.80. The SMILES string of the molecule is CC1=NC2=C(C(=O)CCC2)[C@H](c2ccccc2F)C1C(=O)OC1CCCCCC1. The molecule has 0 aromatic heterocycles. The molecule has 2 atom stereocenters. The maximum absolute atomic E-state index is 14.8. The minimum Gasteiger partial charge on any atom is -0.462 e. The largest absolute Gasteiger partial charge is 0.462 e. The van der Waals surface area contributed by atoms with Crippen molar-refractivity contribution < 1.29 is 18.7 Å². The number of allylic oxidation sites excluding steroid dienone is 2. The Morgan fingerprint density at radius 3 is 2.52 bits per heavy atom. The number of benzene rings is 1. The number of hydrogen-bond donors (Lipinski definition) is 0. The van der Waals surface area contributed by atoms with Crippen LogP contribution in [-0.2, 0) is 14.3 Å². The summed E-state index contributed by atoms with van der Waals surface area (Å²) in [7, 11) is 0. The third-order valence-corrected chi connectivity index (χ3v) is 6.41. The molecule has 1 aliphatic heterocycles. The fourth-order valence-electron chi connectivity index (χ4n) is 4.97. The highest BCUT2D eigenvalue weighted by Crippen LogP contribution is 2.44. The van der Waals surface area contributed by atoms with Crippen molar-refractivity contribution in [2.24, 2.45) is 10.9 Å². The fourth-order valence-corrected chi connectivity index (χ4v) is 4.97. The van der Waals surface area contributed by atoms with Gasteiger partial charge in [0, 0.05) is 29.3 Å². The molecule has 0 amide bonds. The molecule has 1 fully saturated rings. The minimum absolute atomic E-state index is 0.0250. The molecular weight excluding hydrogens is 369 g/mol. The zero-order chi connectivity index (χ0) is 20.4. The van der Waals surface area contributed by atoms with Crippen LogP contribution in [0.2, 0.25) is 0 Å². The van der Waals surface area contributed by atoms with Gasteiger partial charge in [0.2, 0.25) is 0 Å². The highest BCUT2D eigenvalue weighted by atomic mass is 19.1. The lowest BCUT2D eigenvalue weighted by molar-refractivity contribution is -0.152. The lowest BCUT2D eigenvalue weighted by Crippen LogP contribution is -2.39. The normalized spacial score (nSPS) is 25.9. The van der Waals surface area contributed by atoms with Crippen LogP contribution in [0.3, 0.4) is 0 Å². The van der Waals surface area contributed by atoms with Crippen molar-refractivity contribution in [3.63, 3.8) is 0 Å². The van der Waals surface area contributed by atoms with Crippen LogP contribution in [-0.4, -0.2) is 23.6 Å². The third kappa shape index (κ3) is 4.05. The Morgan fingerprint density at radius 1 is 1.07 bits per heavy atom. The van der Waals surface area contributed by atoms with Crippen LogP contribution in [0.25, 0.3) is 0 Å². The van der Waals surface area contributed by atoms with Crippen molar-refractivity contribution in [3.8, 4) is 0 Å². The zero-order valence-electron chi connectivity index (χ0n) is 17.0. The second-order valence-electron chi connectivity index (χ2n) is 8.42. The van der Waals surface area contributed by atoms with E-state index in [1.54, 1.807) is 25.1 Å². The molecule has 1 saturated carbocycles. The van der Waals surface area contributed by atoms with E-state index in [2.05, 4.69) is 4.99 Å². The van der Waals surface area contributed by atoms with Crippen LogP contribution in [0.1, 0.15) is 76.2 Å². The Kier molecular flexibility index (Phi) is 5.93. The predicted octanol–water partition coefficient (Wildman–Crippen LogP) is 5.27. The molecule has 4 rings (SSSR count). The van der Waals surface area contributed by atoms with E-state index in [1.165, 1.54) is 18.9 Å². The number of hydrogen-bond acceptors (Lipinski definition) is 4. The van der Waals surface area contributed by atoms with Gasteiger partial charge in [0.1, 0.15) is 17.8 Å². The number of ketones is 1. The smallest absolute Gasteiger partial charge is 0.315 e. The van der Waals surface area contributed by atoms with Crippen molar-refractivity contribution in [1.29, 1.82) is 0 Å². The molecule has 154 valence electrons. The highest BCUT2D eigenvalue weighted by Gasteiger charge is 2.44. The van der Waals surface area contributed by atoms with Crippen LogP contribution in [0.5, 0.6) is 0 Å². The van der Waals surface area contributed by atoms with Gasteiger partial charge in [-0.2, -0.15) is 0 Å². The summed E-state index contributed by atoms with van der Waals surface area (Å²) < 4.78 is 20.7. The van der Waals surface area contributed by atoms with Crippen molar-refractivity contribution >= 4 is 17.5 Å². The molecule has 4 nitrogen and oxygen atoms in total. The molecule has 0 N–H and O–H groups in total. The number of ether oxygens (including phenoxy) is 1. The van der Waals surface area contributed by atoms with E-state index in [1.807, 2.05) is 0 Å². The first-order chi connectivity index (χ1) is 14.1. The summed E-state index contributed by atoms with van der Waals surface area (Å²) in [6.07, 6.45) is 7.93. The van der Waals surface area contributed by atoms with Gasteiger partial charge in [0.15, 0.2) is 5.78 Å². The molecule has 2 aliphatic carbocycles. The third-order valence-electron chi connectivity index (χ3n) is 6.41. The van der Waals surface area contributed by atoms with Gasteiger partial charge < -0.3 is 4.74 Å². The van der Waals surface area contributed by atoms with E-state index < -0.39 is 17.7 Å². The Hall–Kier alpha value is -2.30. The Balaban J connectivity index is 1.72. The molecule has 1 aromatic carbocycles. The number of halogens is 1. The summed E-state index contributed by atoms with van der Waals surface area (Å²) in [6, 6.07) is 6.44. The Morgan fingerprint density at radius 2 is 1.79 bits per heavy atom. The van der Waals surface area contributed by atoms with Gasteiger partial charge in [-0.25, -0.2) is 4.39 Å². The van der Waals surface area contributed by atoms with Gasteiger partial charge in [-0.3, -0.25) is 14.6 Å². The average molecular weight is 397 g/mol. The van der Waals surface area contributed by atoms with E-state index >= 15 is 0 Å².